The number of aromatic nitrogens is 3. The minimum absolute atomic E-state index is 0.224. The number of nitrogens with zero attached hydrogens (tertiary/aromatic N) is 3. The highest BCUT2D eigenvalue weighted by Crippen LogP contribution is 2.38. The van der Waals surface area contributed by atoms with Gasteiger partial charge in [-0.05, 0) is 67.9 Å². The third kappa shape index (κ3) is 6.24. The summed E-state index contributed by atoms with van der Waals surface area (Å²) in [6.45, 7) is 3.79. The third-order valence-electron chi connectivity index (χ3n) is 6.32. The predicted molar refractivity (Wildman–Crippen MR) is 158 cm³/mol. The second-order valence-corrected chi connectivity index (χ2v) is 10.8. The molecular formula is C29H24Cl2FN5O3S. The van der Waals surface area contributed by atoms with Crippen molar-refractivity contribution in [2.24, 2.45) is 0 Å². The van der Waals surface area contributed by atoms with Gasteiger partial charge in [-0.15, -0.1) is 5.10 Å². The van der Waals surface area contributed by atoms with Gasteiger partial charge in [0.25, 0.3) is 5.91 Å². The van der Waals surface area contributed by atoms with Crippen molar-refractivity contribution in [3.05, 3.63) is 111 Å². The Morgan fingerprint density at radius 2 is 1.83 bits per heavy atom. The zero-order chi connectivity index (χ0) is 29.1. The van der Waals surface area contributed by atoms with E-state index >= 15 is 0 Å². The second-order valence-electron chi connectivity index (χ2n) is 9.02. The van der Waals surface area contributed by atoms with E-state index < -0.39 is 17.8 Å². The topological polar surface area (TPSA) is 98.1 Å². The first-order valence-corrected chi connectivity index (χ1v) is 14.3. The number of benzene rings is 3. The summed E-state index contributed by atoms with van der Waals surface area (Å²) in [6.07, 6.45) is 0. The molecular weight excluding hydrogens is 588 g/mol. The number of hydrogen-bond acceptors (Lipinski definition) is 7. The molecule has 210 valence electrons. The van der Waals surface area contributed by atoms with Crippen LogP contribution in [-0.2, 0) is 15.3 Å². The molecule has 4 aromatic rings. The summed E-state index contributed by atoms with van der Waals surface area (Å²) in [5, 5.41) is 12.0. The van der Waals surface area contributed by atoms with Gasteiger partial charge < -0.3 is 15.4 Å². The summed E-state index contributed by atoms with van der Waals surface area (Å²) in [7, 11) is 0. The SMILES string of the molecule is CCOC(=O)c1ccc(NC(=O)C2=C(C)Nc3nc(SCc4c(F)cccc4Cl)nn3[C@H]2c2ccc(Cl)cc2)cc1. The Balaban J connectivity index is 1.44. The number of allylic oxidation sites excluding steroid dienone is 1. The number of halogens is 3. The van der Waals surface area contributed by atoms with Crippen molar-refractivity contribution >= 4 is 58.5 Å². The van der Waals surface area contributed by atoms with Crippen LogP contribution in [0.4, 0.5) is 16.0 Å². The molecule has 0 radical (unpaired) electrons. The lowest BCUT2D eigenvalue weighted by Crippen LogP contribution is -2.31. The molecule has 0 fully saturated rings. The van der Waals surface area contributed by atoms with Gasteiger partial charge in [-0.3, -0.25) is 4.79 Å². The molecule has 1 amide bonds. The molecule has 1 atom stereocenters. The van der Waals surface area contributed by atoms with Crippen LogP contribution in [0.3, 0.4) is 0 Å². The number of amides is 1. The van der Waals surface area contributed by atoms with Crippen LogP contribution in [0, 0.1) is 5.82 Å². The predicted octanol–water partition coefficient (Wildman–Crippen LogP) is 7.12. The van der Waals surface area contributed by atoms with E-state index in [4.69, 9.17) is 27.9 Å². The first kappa shape index (κ1) is 28.7. The summed E-state index contributed by atoms with van der Waals surface area (Å²) < 4.78 is 21.0. The van der Waals surface area contributed by atoms with Crippen LogP contribution in [0.1, 0.15) is 41.4 Å². The Hall–Kier alpha value is -3.86. The first-order valence-electron chi connectivity index (χ1n) is 12.6. The average Bonchev–Trinajstić information content (AvgIpc) is 3.35. The van der Waals surface area contributed by atoms with Gasteiger partial charge in [0.05, 0.1) is 17.7 Å². The molecule has 0 bridgehead atoms. The molecule has 1 aliphatic heterocycles. The highest BCUT2D eigenvalue weighted by Gasteiger charge is 2.34. The number of rotatable bonds is 8. The Labute approximate surface area is 249 Å². The van der Waals surface area contributed by atoms with E-state index in [1.165, 1.54) is 17.8 Å². The number of nitrogens with one attached hydrogen (secondary N) is 2. The van der Waals surface area contributed by atoms with E-state index in [1.54, 1.807) is 67.1 Å². The molecule has 8 nitrogen and oxygen atoms in total. The van der Waals surface area contributed by atoms with Gasteiger partial charge in [-0.2, -0.15) is 4.98 Å². The Bertz CT molecular complexity index is 1620. The van der Waals surface area contributed by atoms with Crippen molar-refractivity contribution in [3.8, 4) is 0 Å². The van der Waals surface area contributed by atoms with Crippen molar-refractivity contribution in [2.45, 2.75) is 30.8 Å². The molecule has 0 unspecified atom stereocenters. The van der Waals surface area contributed by atoms with E-state index in [2.05, 4.69) is 20.7 Å². The fourth-order valence-electron chi connectivity index (χ4n) is 4.35. The highest BCUT2D eigenvalue weighted by molar-refractivity contribution is 7.98. The number of anilines is 2. The number of esters is 1. The Kier molecular flexibility index (Phi) is 8.63. The average molecular weight is 613 g/mol. The summed E-state index contributed by atoms with van der Waals surface area (Å²) >= 11 is 13.6. The van der Waals surface area contributed by atoms with E-state index in [0.717, 1.165) is 5.56 Å². The maximum atomic E-state index is 14.3. The third-order valence-corrected chi connectivity index (χ3v) is 7.79. The molecule has 3 aromatic carbocycles. The smallest absolute Gasteiger partial charge is 0.338 e. The van der Waals surface area contributed by atoms with Gasteiger partial charge in [0.2, 0.25) is 11.1 Å². The number of hydrogen-bond donors (Lipinski definition) is 2. The summed E-state index contributed by atoms with van der Waals surface area (Å²) in [6, 6.07) is 17.5. The lowest BCUT2D eigenvalue weighted by molar-refractivity contribution is -0.113. The van der Waals surface area contributed by atoms with Crippen LogP contribution >= 0.6 is 35.0 Å². The molecule has 41 heavy (non-hydrogen) atoms. The number of carbonyl (C=O) groups is 2. The van der Waals surface area contributed by atoms with Crippen LogP contribution in [-0.4, -0.2) is 33.2 Å². The molecule has 1 aromatic heterocycles. The van der Waals surface area contributed by atoms with Gasteiger partial charge in [-0.25, -0.2) is 13.9 Å². The van der Waals surface area contributed by atoms with Gasteiger partial charge in [-0.1, -0.05) is 53.2 Å². The highest BCUT2D eigenvalue weighted by atomic mass is 35.5. The number of ether oxygens (including phenoxy) is 1. The molecule has 5 rings (SSSR count). The van der Waals surface area contributed by atoms with Crippen LogP contribution in [0.25, 0.3) is 0 Å². The maximum Gasteiger partial charge on any atom is 0.338 e. The molecule has 0 saturated heterocycles. The lowest BCUT2D eigenvalue weighted by Gasteiger charge is -2.28. The number of thioether (sulfide) groups is 1. The minimum atomic E-state index is -0.638. The van der Waals surface area contributed by atoms with Crippen LogP contribution in [0.15, 0.2) is 83.2 Å². The molecule has 0 aliphatic carbocycles. The second kappa shape index (κ2) is 12.3. The quantitative estimate of drug-likeness (QED) is 0.162. The largest absolute Gasteiger partial charge is 0.462 e. The van der Waals surface area contributed by atoms with E-state index in [-0.39, 0.29) is 18.3 Å². The van der Waals surface area contributed by atoms with Crippen LogP contribution in [0.5, 0.6) is 0 Å². The monoisotopic (exact) mass is 611 g/mol. The Morgan fingerprint density at radius 3 is 2.51 bits per heavy atom. The minimum Gasteiger partial charge on any atom is -0.462 e. The first-order chi connectivity index (χ1) is 19.7. The lowest BCUT2D eigenvalue weighted by atomic mass is 9.95. The van der Waals surface area contributed by atoms with Crippen molar-refractivity contribution in [3.63, 3.8) is 0 Å². The standard InChI is InChI=1S/C29H24Cl2FN5O3S/c1-3-40-27(39)18-9-13-20(14-10-18)34-26(38)24-16(2)33-28-35-29(41-15-21-22(31)5-4-6-23(21)32)36-37(28)25(24)17-7-11-19(30)12-8-17/h4-14,25H,3,15H2,1-2H3,(H,34,38)(H,33,35,36)/t25-/m0/s1. The normalized spacial score (nSPS) is 14.3. The molecule has 2 N–H and O–H groups in total. The molecule has 0 saturated carbocycles. The maximum absolute atomic E-state index is 14.3. The fraction of sp³-hybridized carbons (Fsp3) is 0.172. The van der Waals surface area contributed by atoms with Crippen molar-refractivity contribution in [2.75, 3.05) is 17.2 Å². The zero-order valence-electron chi connectivity index (χ0n) is 22.0. The van der Waals surface area contributed by atoms with Gasteiger partial charge in [0.15, 0.2) is 0 Å². The fourth-order valence-corrected chi connectivity index (χ4v) is 5.65. The van der Waals surface area contributed by atoms with Crippen molar-refractivity contribution in [1.29, 1.82) is 0 Å². The summed E-state index contributed by atoms with van der Waals surface area (Å²) in [5.41, 5.74) is 3.00. The van der Waals surface area contributed by atoms with E-state index in [9.17, 15) is 14.0 Å². The van der Waals surface area contributed by atoms with Crippen LogP contribution in [0.2, 0.25) is 10.0 Å². The molecule has 0 spiro atoms. The Morgan fingerprint density at radius 1 is 1.10 bits per heavy atom. The molecule has 12 heteroatoms. The summed E-state index contributed by atoms with van der Waals surface area (Å²) in [5.74, 6) is -0.555. The van der Waals surface area contributed by atoms with Crippen molar-refractivity contribution < 1.29 is 18.7 Å². The number of carbonyl (C=O) groups excluding carboxylic acids is 2. The van der Waals surface area contributed by atoms with E-state index in [0.29, 0.717) is 49.2 Å². The van der Waals surface area contributed by atoms with Gasteiger partial charge in [0, 0.05) is 32.7 Å². The summed E-state index contributed by atoms with van der Waals surface area (Å²) in [4.78, 5) is 30.3. The van der Waals surface area contributed by atoms with Crippen molar-refractivity contribution in [1.82, 2.24) is 14.8 Å². The molecule has 2 heterocycles. The van der Waals surface area contributed by atoms with Gasteiger partial charge >= 0.3 is 5.97 Å². The number of fused-ring (bicyclic) bond motifs is 1. The van der Waals surface area contributed by atoms with Gasteiger partial charge in [0.1, 0.15) is 11.9 Å². The van der Waals surface area contributed by atoms with Crippen LogP contribution < -0.4 is 10.6 Å². The molecule has 1 aliphatic rings. The zero-order valence-corrected chi connectivity index (χ0v) is 24.3. The van der Waals surface area contributed by atoms with E-state index in [1.807, 2.05) is 12.1 Å².